The number of aryl methyl sites for hydroxylation is 1. The van der Waals surface area contributed by atoms with Crippen LogP contribution in [0, 0.1) is 6.92 Å². The largest absolute Gasteiger partial charge is 0.495 e. The smallest absolute Gasteiger partial charge is 0.240 e. The van der Waals surface area contributed by atoms with Crippen LogP contribution in [-0.2, 0) is 4.79 Å². The first kappa shape index (κ1) is 11.5. The molecule has 0 spiro atoms. The van der Waals surface area contributed by atoms with Gasteiger partial charge < -0.3 is 15.4 Å². The van der Waals surface area contributed by atoms with Gasteiger partial charge in [-0.15, -0.1) is 0 Å². The predicted molar refractivity (Wildman–Crippen MR) is 60.2 cm³/mol. The molecule has 0 fully saturated rings. The summed E-state index contributed by atoms with van der Waals surface area (Å²) in [7, 11) is 3.27. The second-order valence-electron chi connectivity index (χ2n) is 3.33. The molecule has 0 saturated heterocycles. The molecule has 4 heteroatoms. The molecule has 1 aromatic carbocycles. The van der Waals surface area contributed by atoms with Crippen LogP contribution in [-0.4, -0.2) is 26.6 Å². The van der Waals surface area contributed by atoms with Crippen LogP contribution >= 0.6 is 0 Å². The predicted octanol–water partition coefficient (Wildman–Crippen LogP) is 0.925. The maximum Gasteiger partial charge on any atom is 0.240 e. The summed E-state index contributed by atoms with van der Waals surface area (Å²) in [6, 6.07) is 5.67. The number of carbonyl (C=O) groups excluding carboxylic acids is 1. The van der Waals surface area contributed by atoms with E-state index in [2.05, 4.69) is 0 Å². The standard InChI is InChI=1S/C11H16N2O2/c1-8-4-5-10(15-3)9(6-8)13(2)11(14)7-12/h4-6H,7,12H2,1-3H3. The van der Waals surface area contributed by atoms with Crippen molar-refractivity contribution in [1.82, 2.24) is 0 Å². The summed E-state index contributed by atoms with van der Waals surface area (Å²) in [5.41, 5.74) is 7.12. The van der Waals surface area contributed by atoms with Gasteiger partial charge in [0.15, 0.2) is 0 Å². The van der Waals surface area contributed by atoms with Crippen molar-refractivity contribution in [3.63, 3.8) is 0 Å². The van der Waals surface area contributed by atoms with Gasteiger partial charge in [-0.05, 0) is 24.6 Å². The fraction of sp³-hybridized carbons (Fsp3) is 0.364. The molecule has 0 saturated carbocycles. The van der Waals surface area contributed by atoms with E-state index in [-0.39, 0.29) is 12.5 Å². The molecular weight excluding hydrogens is 192 g/mol. The lowest BCUT2D eigenvalue weighted by Gasteiger charge is -2.19. The minimum absolute atomic E-state index is 0.00635. The third-order valence-electron chi connectivity index (χ3n) is 2.24. The van der Waals surface area contributed by atoms with Crippen LogP contribution in [0.1, 0.15) is 5.56 Å². The summed E-state index contributed by atoms with van der Waals surface area (Å²) in [5.74, 6) is 0.531. The number of hydrogen-bond donors (Lipinski definition) is 1. The van der Waals surface area contributed by atoms with Gasteiger partial charge in [0.2, 0.25) is 5.91 Å². The van der Waals surface area contributed by atoms with Crippen molar-refractivity contribution in [2.24, 2.45) is 5.73 Å². The molecule has 0 unspecified atom stereocenters. The fourth-order valence-corrected chi connectivity index (χ4v) is 1.33. The second-order valence-corrected chi connectivity index (χ2v) is 3.33. The van der Waals surface area contributed by atoms with Crippen molar-refractivity contribution in [2.75, 3.05) is 25.6 Å². The topological polar surface area (TPSA) is 55.6 Å². The SMILES string of the molecule is COc1ccc(C)cc1N(C)C(=O)CN. The van der Waals surface area contributed by atoms with Gasteiger partial charge in [0.1, 0.15) is 5.75 Å². The monoisotopic (exact) mass is 208 g/mol. The van der Waals surface area contributed by atoms with Gasteiger partial charge >= 0.3 is 0 Å². The molecule has 4 nitrogen and oxygen atoms in total. The normalized spacial score (nSPS) is 9.87. The third kappa shape index (κ3) is 2.47. The third-order valence-corrected chi connectivity index (χ3v) is 2.24. The highest BCUT2D eigenvalue weighted by atomic mass is 16.5. The molecular formula is C11H16N2O2. The van der Waals surface area contributed by atoms with Gasteiger partial charge in [0.05, 0.1) is 19.3 Å². The second kappa shape index (κ2) is 4.79. The molecule has 0 aliphatic rings. The molecule has 82 valence electrons. The van der Waals surface area contributed by atoms with Gasteiger partial charge in [0, 0.05) is 7.05 Å². The Balaban J connectivity index is 3.10. The summed E-state index contributed by atoms with van der Waals surface area (Å²) < 4.78 is 5.18. The van der Waals surface area contributed by atoms with Crippen LogP contribution in [0.25, 0.3) is 0 Å². The van der Waals surface area contributed by atoms with Gasteiger partial charge in [-0.3, -0.25) is 4.79 Å². The number of benzene rings is 1. The summed E-state index contributed by atoms with van der Waals surface area (Å²) in [6.45, 7) is 1.96. The van der Waals surface area contributed by atoms with E-state index in [4.69, 9.17) is 10.5 Å². The van der Waals surface area contributed by atoms with Gasteiger partial charge in [-0.1, -0.05) is 6.07 Å². The molecule has 0 heterocycles. The molecule has 1 aromatic rings. The molecule has 2 N–H and O–H groups in total. The number of carbonyl (C=O) groups is 1. The van der Waals surface area contributed by atoms with Crippen molar-refractivity contribution in [3.8, 4) is 5.75 Å². The van der Waals surface area contributed by atoms with E-state index in [1.807, 2.05) is 25.1 Å². The lowest BCUT2D eigenvalue weighted by molar-refractivity contribution is -0.117. The fourth-order valence-electron chi connectivity index (χ4n) is 1.33. The van der Waals surface area contributed by atoms with E-state index < -0.39 is 0 Å². The summed E-state index contributed by atoms with van der Waals surface area (Å²) >= 11 is 0. The summed E-state index contributed by atoms with van der Waals surface area (Å²) in [4.78, 5) is 12.9. The van der Waals surface area contributed by atoms with Gasteiger partial charge in [-0.2, -0.15) is 0 Å². The quantitative estimate of drug-likeness (QED) is 0.803. The van der Waals surface area contributed by atoms with Crippen LogP contribution in [0.15, 0.2) is 18.2 Å². The average molecular weight is 208 g/mol. The maximum absolute atomic E-state index is 11.4. The number of hydrogen-bond acceptors (Lipinski definition) is 3. The summed E-state index contributed by atoms with van der Waals surface area (Å²) in [6.07, 6.45) is 0. The first-order chi connectivity index (χ1) is 7.10. The molecule has 15 heavy (non-hydrogen) atoms. The molecule has 0 aliphatic heterocycles. The zero-order chi connectivity index (χ0) is 11.4. The zero-order valence-electron chi connectivity index (χ0n) is 9.28. The van der Waals surface area contributed by atoms with E-state index in [1.165, 1.54) is 4.90 Å². The van der Waals surface area contributed by atoms with Crippen LogP contribution in [0.4, 0.5) is 5.69 Å². The van der Waals surface area contributed by atoms with Crippen LogP contribution < -0.4 is 15.4 Å². The molecule has 0 aliphatic carbocycles. The number of methoxy groups -OCH3 is 1. The van der Waals surface area contributed by atoms with Gasteiger partial charge in [0.25, 0.3) is 0 Å². The number of ether oxygens (including phenoxy) is 1. The van der Waals surface area contributed by atoms with Crippen LogP contribution in [0.3, 0.4) is 0 Å². The molecule has 1 rings (SSSR count). The number of anilines is 1. The Hall–Kier alpha value is -1.55. The lowest BCUT2D eigenvalue weighted by atomic mass is 10.2. The van der Waals surface area contributed by atoms with Crippen LogP contribution in [0.5, 0.6) is 5.75 Å². The van der Waals surface area contributed by atoms with E-state index in [0.29, 0.717) is 5.75 Å². The number of rotatable bonds is 3. The van der Waals surface area contributed by atoms with Crippen molar-refractivity contribution >= 4 is 11.6 Å². The first-order valence-corrected chi connectivity index (χ1v) is 4.71. The zero-order valence-corrected chi connectivity index (χ0v) is 9.28. The van der Waals surface area contributed by atoms with Crippen molar-refractivity contribution in [1.29, 1.82) is 0 Å². The first-order valence-electron chi connectivity index (χ1n) is 4.71. The van der Waals surface area contributed by atoms with Crippen molar-refractivity contribution < 1.29 is 9.53 Å². The average Bonchev–Trinajstić information content (AvgIpc) is 2.27. The number of amides is 1. The highest BCUT2D eigenvalue weighted by molar-refractivity contribution is 5.95. The lowest BCUT2D eigenvalue weighted by Crippen LogP contribution is -2.32. The summed E-state index contributed by atoms with van der Waals surface area (Å²) in [5, 5.41) is 0. The molecule has 0 aromatic heterocycles. The Bertz CT molecular complexity index is 364. The van der Waals surface area contributed by atoms with Crippen molar-refractivity contribution in [2.45, 2.75) is 6.92 Å². The Morgan fingerprint density at radius 1 is 1.53 bits per heavy atom. The highest BCUT2D eigenvalue weighted by Gasteiger charge is 2.13. The number of likely N-dealkylation sites (N-methyl/N-ethyl adjacent to an activating group) is 1. The Labute approximate surface area is 89.6 Å². The van der Waals surface area contributed by atoms with Crippen molar-refractivity contribution in [3.05, 3.63) is 23.8 Å². The van der Waals surface area contributed by atoms with Crippen LogP contribution in [0.2, 0.25) is 0 Å². The maximum atomic E-state index is 11.4. The number of nitrogens with zero attached hydrogens (tertiary/aromatic N) is 1. The molecule has 0 bridgehead atoms. The minimum atomic E-state index is -0.140. The van der Waals surface area contributed by atoms with E-state index in [1.54, 1.807) is 14.2 Å². The van der Waals surface area contributed by atoms with Gasteiger partial charge in [-0.25, -0.2) is 0 Å². The Morgan fingerprint density at radius 3 is 2.73 bits per heavy atom. The molecule has 1 amide bonds. The van der Waals surface area contributed by atoms with E-state index >= 15 is 0 Å². The Kier molecular flexibility index (Phi) is 3.68. The highest BCUT2D eigenvalue weighted by Crippen LogP contribution is 2.28. The van der Waals surface area contributed by atoms with E-state index in [9.17, 15) is 4.79 Å². The van der Waals surface area contributed by atoms with E-state index in [0.717, 1.165) is 11.3 Å². The molecule has 0 atom stereocenters. The molecule has 0 radical (unpaired) electrons. The Morgan fingerprint density at radius 2 is 2.20 bits per heavy atom. The minimum Gasteiger partial charge on any atom is -0.495 e. The number of nitrogens with two attached hydrogens (primary N) is 1.